The number of anilines is 1. The lowest BCUT2D eigenvalue weighted by molar-refractivity contribution is -0.124. The van der Waals surface area contributed by atoms with Gasteiger partial charge in [0, 0.05) is 18.8 Å². The number of benzene rings is 1. The largest absolute Gasteiger partial charge is 0.430 e. The number of nitrogens with one attached hydrogen (secondary N) is 1. The lowest BCUT2D eigenvalue weighted by Crippen LogP contribution is -2.37. The van der Waals surface area contributed by atoms with E-state index in [-0.39, 0.29) is 6.54 Å². The van der Waals surface area contributed by atoms with Crippen molar-refractivity contribution in [3.05, 3.63) is 41.6 Å². The summed E-state index contributed by atoms with van der Waals surface area (Å²) in [6.07, 6.45) is -2.62. The number of amides is 1. The monoisotopic (exact) mass is 400 g/mol. The van der Waals surface area contributed by atoms with Gasteiger partial charge in [-0.25, -0.2) is 0 Å². The number of hydrogen-bond acceptors (Lipinski definition) is 5. The predicted molar refractivity (Wildman–Crippen MR) is 102 cm³/mol. The summed E-state index contributed by atoms with van der Waals surface area (Å²) in [7, 11) is 0. The Hall–Kier alpha value is -2.16. The summed E-state index contributed by atoms with van der Waals surface area (Å²) in [5, 5.41) is 7.76. The Labute approximate surface area is 160 Å². The van der Waals surface area contributed by atoms with E-state index in [0.29, 0.717) is 29.8 Å². The van der Waals surface area contributed by atoms with E-state index in [2.05, 4.69) is 0 Å². The highest BCUT2D eigenvalue weighted by Gasteiger charge is 2.32. The molecular formula is C18H23F3N4OS. The van der Waals surface area contributed by atoms with Crippen LogP contribution in [-0.2, 0) is 11.3 Å². The van der Waals surface area contributed by atoms with Gasteiger partial charge in [-0.15, -0.1) is 0 Å². The van der Waals surface area contributed by atoms with Gasteiger partial charge in [-0.3, -0.25) is 10.2 Å². The number of alkyl halides is 3. The summed E-state index contributed by atoms with van der Waals surface area (Å²) in [5.74, 6) is 1.75. The predicted octanol–water partition coefficient (Wildman–Crippen LogP) is 3.17. The molecule has 0 radical (unpaired) electrons. The Morgan fingerprint density at radius 1 is 1.37 bits per heavy atom. The van der Waals surface area contributed by atoms with Crippen LogP contribution in [0.4, 0.5) is 18.9 Å². The molecule has 1 unspecified atom stereocenters. The van der Waals surface area contributed by atoms with Crippen LogP contribution in [0.2, 0.25) is 0 Å². The van der Waals surface area contributed by atoms with Crippen molar-refractivity contribution in [2.75, 3.05) is 23.8 Å². The van der Waals surface area contributed by atoms with E-state index in [1.54, 1.807) is 24.3 Å². The first-order valence-electron chi connectivity index (χ1n) is 8.51. The quantitative estimate of drug-likeness (QED) is 0.484. The number of nitrogen functional groups attached to an aromatic ring is 1. The normalized spacial score (nSPS) is 17.7. The molecule has 9 heteroatoms. The maximum absolute atomic E-state index is 12.6. The zero-order chi connectivity index (χ0) is 20.0. The van der Waals surface area contributed by atoms with Crippen LogP contribution in [0.5, 0.6) is 0 Å². The number of carbonyl (C=O) groups excluding carboxylic acids is 1. The molecule has 0 spiro atoms. The zero-order valence-corrected chi connectivity index (χ0v) is 15.6. The van der Waals surface area contributed by atoms with Gasteiger partial charge in [0.05, 0.1) is 0 Å². The van der Waals surface area contributed by atoms with Gasteiger partial charge in [0.15, 0.2) is 0 Å². The lowest BCUT2D eigenvalue weighted by atomic mass is 10.0. The van der Waals surface area contributed by atoms with Gasteiger partial charge in [0.2, 0.25) is 0 Å². The fourth-order valence-electron chi connectivity index (χ4n) is 2.76. The molecule has 148 valence electrons. The maximum atomic E-state index is 12.6. The number of hydrogen-bond donors (Lipinski definition) is 3. The van der Waals surface area contributed by atoms with Crippen molar-refractivity contribution >= 4 is 29.1 Å². The van der Waals surface area contributed by atoms with Crippen molar-refractivity contribution in [2.24, 2.45) is 11.7 Å². The Balaban J connectivity index is 2.15. The van der Waals surface area contributed by atoms with Gasteiger partial charge in [-0.05, 0) is 48.0 Å². The summed E-state index contributed by atoms with van der Waals surface area (Å²) >= 11 is 1.85. The minimum absolute atomic E-state index is 0.132. The van der Waals surface area contributed by atoms with Gasteiger partial charge < -0.3 is 16.4 Å². The van der Waals surface area contributed by atoms with Crippen LogP contribution in [0.3, 0.4) is 0 Å². The molecule has 1 saturated heterocycles. The molecule has 1 amide bonds. The second-order valence-corrected chi connectivity index (χ2v) is 7.60. The molecule has 0 aromatic heterocycles. The number of halogens is 3. The minimum Gasteiger partial charge on any atom is -0.398 e. The number of para-hydroxylation sites is 1. The molecule has 5 N–H and O–H groups in total. The zero-order valence-electron chi connectivity index (χ0n) is 14.8. The molecule has 1 aliphatic heterocycles. The maximum Gasteiger partial charge on any atom is 0.430 e. The van der Waals surface area contributed by atoms with Crippen molar-refractivity contribution in [3.8, 4) is 0 Å². The highest BCUT2D eigenvalue weighted by Crippen LogP contribution is 2.27. The molecule has 0 aliphatic carbocycles. The van der Waals surface area contributed by atoms with Crippen LogP contribution < -0.4 is 11.5 Å². The molecule has 1 fully saturated rings. The van der Waals surface area contributed by atoms with Gasteiger partial charge in [0.1, 0.15) is 11.4 Å². The first-order chi connectivity index (χ1) is 12.7. The van der Waals surface area contributed by atoms with Gasteiger partial charge >= 0.3 is 6.18 Å². The highest BCUT2D eigenvalue weighted by atomic mass is 32.2. The second kappa shape index (κ2) is 9.16. The third-order valence-electron chi connectivity index (χ3n) is 4.39. The van der Waals surface area contributed by atoms with Crippen LogP contribution in [0.25, 0.3) is 0 Å². The summed E-state index contributed by atoms with van der Waals surface area (Å²) in [5.41, 5.74) is 9.79. The first-order valence-corrected chi connectivity index (χ1v) is 9.67. The molecular weight excluding hydrogens is 377 g/mol. The third kappa shape index (κ3) is 6.20. The van der Waals surface area contributed by atoms with Gasteiger partial charge in [0.25, 0.3) is 5.91 Å². The molecule has 1 aromatic carbocycles. The molecule has 5 nitrogen and oxygen atoms in total. The molecule has 0 saturated carbocycles. The van der Waals surface area contributed by atoms with Gasteiger partial charge in [-0.2, -0.15) is 24.9 Å². The fraction of sp³-hybridized carbons (Fsp3) is 0.444. The topological polar surface area (TPSA) is 96.2 Å². The summed E-state index contributed by atoms with van der Waals surface area (Å²) in [4.78, 5) is 14.0. The van der Waals surface area contributed by atoms with Crippen molar-refractivity contribution in [1.29, 1.82) is 5.41 Å². The lowest BCUT2D eigenvalue weighted by Gasteiger charge is -2.24. The minimum atomic E-state index is -4.78. The molecule has 1 atom stereocenters. The SMILES string of the molecule is N=C(C=C(N)C(F)(F)F)C(=O)N(CCC1CCSC1)Cc1ccccc1N. The first kappa shape index (κ1) is 21.1. The Morgan fingerprint density at radius 2 is 2.07 bits per heavy atom. The molecule has 27 heavy (non-hydrogen) atoms. The standard InChI is InChI=1S/C18H23F3N4OS/c19-18(20,21)16(24)9-15(23)17(26)25(7-5-12-6-8-27-11-12)10-13-3-1-2-4-14(13)22/h1-4,9,12,23H,5-8,10-11,22,24H2. The van der Waals surface area contributed by atoms with Crippen LogP contribution in [-0.4, -0.2) is 40.7 Å². The van der Waals surface area contributed by atoms with E-state index in [9.17, 15) is 18.0 Å². The van der Waals surface area contributed by atoms with E-state index in [4.69, 9.17) is 16.9 Å². The van der Waals surface area contributed by atoms with Crippen LogP contribution in [0, 0.1) is 11.3 Å². The highest BCUT2D eigenvalue weighted by molar-refractivity contribution is 7.99. The number of thioether (sulfide) groups is 1. The van der Waals surface area contributed by atoms with Crippen molar-refractivity contribution in [3.63, 3.8) is 0 Å². The van der Waals surface area contributed by atoms with E-state index in [1.807, 2.05) is 11.8 Å². The average Bonchev–Trinajstić information content (AvgIpc) is 3.12. The molecule has 2 rings (SSSR count). The van der Waals surface area contributed by atoms with Crippen molar-refractivity contribution in [2.45, 2.75) is 25.6 Å². The Bertz CT molecular complexity index is 715. The number of nitrogens with two attached hydrogens (primary N) is 2. The number of allylic oxidation sites excluding steroid dienone is 1. The van der Waals surface area contributed by atoms with Crippen LogP contribution >= 0.6 is 11.8 Å². The van der Waals surface area contributed by atoms with Gasteiger partial charge in [-0.1, -0.05) is 18.2 Å². The summed E-state index contributed by atoms with van der Waals surface area (Å²) in [6.45, 7) is 0.480. The van der Waals surface area contributed by atoms with Crippen molar-refractivity contribution < 1.29 is 18.0 Å². The van der Waals surface area contributed by atoms with Crippen molar-refractivity contribution in [1.82, 2.24) is 4.90 Å². The molecule has 0 bridgehead atoms. The number of carbonyl (C=O) groups is 1. The second-order valence-electron chi connectivity index (χ2n) is 6.45. The van der Waals surface area contributed by atoms with Crippen LogP contribution in [0.15, 0.2) is 36.0 Å². The average molecular weight is 400 g/mol. The smallest absolute Gasteiger partial charge is 0.398 e. The van der Waals surface area contributed by atoms with E-state index < -0.39 is 23.5 Å². The number of rotatable bonds is 7. The molecule has 1 aliphatic rings. The summed E-state index contributed by atoms with van der Waals surface area (Å²) < 4.78 is 37.8. The van der Waals surface area contributed by atoms with E-state index >= 15 is 0 Å². The number of nitrogens with zero attached hydrogens (tertiary/aromatic N) is 1. The Kier molecular flexibility index (Phi) is 7.18. The molecule has 1 aromatic rings. The van der Waals surface area contributed by atoms with E-state index in [0.717, 1.165) is 24.3 Å². The summed E-state index contributed by atoms with van der Waals surface area (Å²) in [6, 6.07) is 6.98. The van der Waals surface area contributed by atoms with E-state index in [1.165, 1.54) is 4.90 Å². The van der Waals surface area contributed by atoms with Crippen LogP contribution in [0.1, 0.15) is 18.4 Å². The fourth-order valence-corrected chi connectivity index (χ4v) is 4.09. The molecule has 1 heterocycles. The Morgan fingerprint density at radius 3 is 2.67 bits per heavy atom. The third-order valence-corrected chi connectivity index (χ3v) is 5.62.